The molecule has 1 heterocycles. The lowest BCUT2D eigenvalue weighted by atomic mass is 9.99. The van der Waals surface area contributed by atoms with Gasteiger partial charge in [0.15, 0.2) is 0 Å². The topological polar surface area (TPSA) is 67.5 Å². The highest BCUT2D eigenvalue weighted by Gasteiger charge is 2.41. The van der Waals surface area contributed by atoms with E-state index in [4.69, 9.17) is 0 Å². The van der Waals surface area contributed by atoms with Crippen LogP contribution in [0.2, 0.25) is 0 Å². The molecule has 2 unspecified atom stereocenters. The molecule has 4 rings (SSSR count). The summed E-state index contributed by atoms with van der Waals surface area (Å²) in [5, 5.41) is 19.6. The minimum absolute atomic E-state index is 0.270. The van der Waals surface area contributed by atoms with E-state index in [1.165, 1.54) is 24.3 Å². The van der Waals surface area contributed by atoms with Gasteiger partial charge in [0, 0.05) is 21.2 Å². The maximum Gasteiger partial charge on any atom is 0.252 e. The van der Waals surface area contributed by atoms with Crippen molar-refractivity contribution in [3.8, 4) is 0 Å². The largest absolute Gasteiger partial charge is 0.856 e. The normalized spacial score (nSPS) is 19.5. The van der Waals surface area contributed by atoms with Crippen molar-refractivity contribution in [2.45, 2.75) is 12.1 Å². The van der Waals surface area contributed by atoms with Crippen LogP contribution in [0.1, 0.15) is 27.5 Å². The molecule has 0 aromatic heterocycles. The Morgan fingerprint density at radius 2 is 1.70 bits per heavy atom. The highest BCUT2D eigenvalue weighted by molar-refractivity contribution is 9.10. The molecule has 1 amide bonds. The average Bonchev–Trinajstić information content (AvgIpc) is 3.05. The van der Waals surface area contributed by atoms with E-state index in [1.807, 2.05) is 54.6 Å². The Bertz CT molecular complexity index is 1110. The summed E-state index contributed by atoms with van der Waals surface area (Å²) in [5.74, 6) is -1.35. The summed E-state index contributed by atoms with van der Waals surface area (Å²) in [6.45, 7) is 0. The molecule has 2 atom stereocenters. The van der Waals surface area contributed by atoms with Gasteiger partial charge in [0.25, 0.3) is 5.91 Å². The van der Waals surface area contributed by atoms with E-state index in [1.54, 1.807) is 10.9 Å². The Labute approximate surface area is 181 Å². The second-order valence-electron chi connectivity index (χ2n) is 6.81. The summed E-state index contributed by atoms with van der Waals surface area (Å²) in [6, 6.07) is 20.8. The number of hydrogen-bond donors (Lipinski definition) is 1. The van der Waals surface area contributed by atoms with Crippen LogP contribution in [-0.2, 0) is 0 Å². The summed E-state index contributed by atoms with van der Waals surface area (Å²) in [4.78, 5) is 12.7. The Morgan fingerprint density at radius 1 is 1.03 bits per heavy atom. The van der Waals surface area contributed by atoms with Gasteiger partial charge in [-0.2, -0.15) is 0 Å². The molecule has 150 valence electrons. The molecule has 0 bridgehead atoms. The van der Waals surface area contributed by atoms with Gasteiger partial charge in [0.05, 0.1) is 5.90 Å². The van der Waals surface area contributed by atoms with E-state index in [-0.39, 0.29) is 5.56 Å². The third-order valence-corrected chi connectivity index (χ3v) is 5.29. The number of benzene rings is 3. The smallest absolute Gasteiger partial charge is 0.252 e. The van der Waals surface area contributed by atoms with Gasteiger partial charge in [0.2, 0.25) is 12.3 Å². The van der Waals surface area contributed by atoms with Gasteiger partial charge in [-0.15, -0.1) is 0 Å². The molecule has 0 fully saturated rings. The molecule has 0 saturated heterocycles. The molecule has 1 aliphatic rings. The molecule has 1 N–H and O–H groups in total. The molecule has 7 heteroatoms. The molecule has 0 spiro atoms. The lowest BCUT2D eigenvalue weighted by Gasteiger charge is -2.20. The summed E-state index contributed by atoms with van der Waals surface area (Å²) in [7, 11) is 0. The van der Waals surface area contributed by atoms with Gasteiger partial charge in [-0.1, -0.05) is 50.9 Å². The van der Waals surface area contributed by atoms with Crippen molar-refractivity contribution in [2.75, 3.05) is 0 Å². The molecule has 3 aromatic carbocycles. The second kappa shape index (κ2) is 8.59. The lowest BCUT2D eigenvalue weighted by Crippen LogP contribution is -2.47. The molecule has 1 aliphatic heterocycles. The fraction of sp³-hybridized carbons (Fsp3) is 0.0870. The van der Waals surface area contributed by atoms with Gasteiger partial charge in [-0.3, -0.25) is 4.79 Å². The average molecular weight is 466 g/mol. The highest BCUT2D eigenvalue weighted by atomic mass is 79.9. The predicted molar refractivity (Wildman–Crippen MR) is 114 cm³/mol. The summed E-state index contributed by atoms with van der Waals surface area (Å²) in [6.07, 6.45) is 1.77. The summed E-state index contributed by atoms with van der Waals surface area (Å²) in [5.41, 5.74) is 1.97. The van der Waals surface area contributed by atoms with Crippen molar-refractivity contribution in [3.63, 3.8) is 0 Å². The monoisotopic (exact) mass is 465 g/mol. The first-order valence-corrected chi connectivity index (χ1v) is 10.1. The van der Waals surface area contributed by atoms with Crippen molar-refractivity contribution >= 4 is 33.9 Å². The number of nitrogens with one attached hydrogen (secondary N) is 1. The third kappa shape index (κ3) is 4.31. The van der Waals surface area contributed by atoms with E-state index >= 15 is 0 Å². The first-order chi connectivity index (χ1) is 14.5. The highest BCUT2D eigenvalue weighted by Crippen LogP contribution is 2.27. The molecule has 0 saturated carbocycles. The zero-order valence-corrected chi connectivity index (χ0v) is 17.3. The lowest BCUT2D eigenvalue weighted by molar-refractivity contribution is -0.565. The van der Waals surface area contributed by atoms with Crippen LogP contribution in [0, 0.1) is 5.82 Å². The standard InChI is InChI=1S/C23H17BrFN3O2/c24-18-10-6-15(7-11-18)14-28-21(16-4-2-1-3-5-16)20(23(30)27-28)26-22(29)17-8-12-19(25)13-9-17/h1-14,20-21H,(H-,26,27,29,30)/b28-14-. The van der Waals surface area contributed by atoms with Crippen molar-refractivity contribution in [1.82, 2.24) is 5.32 Å². The van der Waals surface area contributed by atoms with E-state index in [9.17, 15) is 14.3 Å². The Hall–Kier alpha value is -3.32. The fourth-order valence-electron chi connectivity index (χ4n) is 3.30. The summed E-state index contributed by atoms with van der Waals surface area (Å²) >= 11 is 3.40. The van der Waals surface area contributed by atoms with Gasteiger partial charge < -0.3 is 10.4 Å². The van der Waals surface area contributed by atoms with Crippen LogP contribution >= 0.6 is 15.9 Å². The molecule has 0 aliphatic carbocycles. The van der Waals surface area contributed by atoms with Gasteiger partial charge >= 0.3 is 0 Å². The van der Waals surface area contributed by atoms with E-state index in [0.29, 0.717) is 0 Å². The Morgan fingerprint density at radius 3 is 2.37 bits per heavy atom. The van der Waals surface area contributed by atoms with E-state index in [0.717, 1.165) is 15.6 Å². The second-order valence-corrected chi connectivity index (χ2v) is 7.73. The Kier molecular flexibility index (Phi) is 5.72. The van der Waals surface area contributed by atoms with E-state index < -0.39 is 29.7 Å². The molecular formula is C23H17BrFN3O2. The van der Waals surface area contributed by atoms with Crippen LogP contribution in [0.4, 0.5) is 4.39 Å². The molecular weight excluding hydrogens is 449 g/mol. The third-order valence-electron chi connectivity index (χ3n) is 4.77. The number of halogens is 2. The van der Waals surface area contributed by atoms with Crippen molar-refractivity contribution < 1.29 is 19.0 Å². The summed E-state index contributed by atoms with van der Waals surface area (Å²) < 4.78 is 15.7. The van der Waals surface area contributed by atoms with Crippen molar-refractivity contribution in [1.29, 1.82) is 0 Å². The minimum atomic E-state index is -0.878. The maximum absolute atomic E-state index is 13.2. The van der Waals surface area contributed by atoms with Crippen LogP contribution in [-0.4, -0.2) is 28.7 Å². The number of hydrogen-bond acceptors (Lipinski definition) is 3. The molecule has 30 heavy (non-hydrogen) atoms. The SMILES string of the molecule is O=C(NC1C([O-])=N/[N+](=C\c2ccc(Br)cc2)C1c1ccccc1)c1ccc(F)cc1. The van der Waals surface area contributed by atoms with E-state index in [2.05, 4.69) is 26.3 Å². The van der Waals surface area contributed by atoms with Gasteiger partial charge in [-0.25, -0.2) is 4.39 Å². The van der Waals surface area contributed by atoms with Crippen LogP contribution in [0.25, 0.3) is 0 Å². The molecule has 3 aromatic rings. The first kappa shape index (κ1) is 20.0. The number of nitrogens with zero attached hydrogens (tertiary/aromatic N) is 2. The maximum atomic E-state index is 13.2. The zero-order valence-electron chi connectivity index (χ0n) is 15.7. The van der Waals surface area contributed by atoms with Crippen molar-refractivity contribution in [2.24, 2.45) is 5.10 Å². The number of carbonyl (C=O) groups excluding carboxylic acids is 1. The van der Waals surface area contributed by atoms with Crippen molar-refractivity contribution in [3.05, 3.63) is 106 Å². The van der Waals surface area contributed by atoms with Crippen LogP contribution in [0.3, 0.4) is 0 Å². The van der Waals surface area contributed by atoms with Gasteiger partial charge in [-0.05, 0) is 53.6 Å². The number of carbonyl (C=O) groups is 1. The first-order valence-electron chi connectivity index (χ1n) is 9.27. The van der Waals surface area contributed by atoms with Crippen LogP contribution < -0.4 is 10.4 Å². The number of amides is 1. The molecule has 0 radical (unpaired) electrons. The fourth-order valence-corrected chi connectivity index (χ4v) is 3.56. The van der Waals surface area contributed by atoms with Crippen LogP contribution in [0.15, 0.2) is 88.4 Å². The van der Waals surface area contributed by atoms with Crippen LogP contribution in [0.5, 0.6) is 0 Å². The van der Waals surface area contributed by atoms with Gasteiger partial charge in [0.1, 0.15) is 11.9 Å². The quantitative estimate of drug-likeness (QED) is 0.600. The zero-order chi connectivity index (χ0) is 21.1. The number of hydrazone groups is 1. The minimum Gasteiger partial charge on any atom is -0.856 e. The Balaban J connectivity index is 1.68. The molecule has 5 nitrogen and oxygen atoms in total. The predicted octanol–water partition coefficient (Wildman–Crippen LogP) is 3.25. The number of rotatable bonds is 4.